The first-order chi connectivity index (χ1) is 13.8. The summed E-state index contributed by atoms with van der Waals surface area (Å²) in [5, 5.41) is 11.8. The van der Waals surface area contributed by atoms with Crippen LogP contribution >= 0.6 is 11.8 Å². The molecule has 0 aliphatic heterocycles. The molecule has 2 aromatic carbocycles. The zero-order valence-corrected chi connectivity index (χ0v) is 15.9. The van der Waals surface area contributed by atoms with Crippen molar-refractivity contribution in [2.24, 2.45) is 0 Å². The quantitative estimate of drug-likeness (QED) is 0.469. The standard InChI is InChI=1S/C20H17N5O2S/c1-26-16-10-8-15(9-11-16)19-21-18(25-27-19)13-28-20-22-17(23-24-20)12-7-14-5-3-2-4-6-14/h2-12H,13H2,1H3,(H,22,23,24)/b12-7+. The topological polar surface area (TPSA) is 89.7 Å². The molecule has 0 amide bonds. The number of ether oxygens (including phenoxy) is 1. The van der Waals surface area contributed by atoms with Gasteiger partial charge < -0.3 is 9.26 Å². The van der Waals surface area contributed by atoms with Crippen LogP contribution in [0, 0.1) is 0 Å². The van der Waals surface area contributed by atoms with Gasteiger partial charge in [-0.3, -0.25) is 5.10 Å². The second-order valence-corrected chi connectivity index (χ2v) is 6.72. The van der Waals surface area contributed by atoms with Crippen molar-refractivity contribution < 1.29 is 9.26 Å². The molecule has 0 radical (unpaired) electrons. The van der Waals surface area contributed by atoms with E-state index in [0.29, 0.717) is 28.4 Å². The van der Waals surface area contributed by atoms with Crippen LogP contribution in [-0.4, -0.2) is 32.4 Å². The fourth-order valence-corrected chi connectivity index (χ4v) is 3.08. The number of aromatic nitrogens is 5. The first-order valence-corrected chi connectivity index (χ1v) is 9.54. The number of hydrogen-bond acceptors (Lipinski definition) is 7. The molecule has 2 aromatic heterocycles. The molecule has 0 saturated heterocycles. The molecule has 8 heteroatoms. The Bertz CT molecular complexity index is 1060. The van der Waals surface area contributed by atoms with E-state index in [-0.39, 0.29) is 0 Å². The molecule has 4 rings (SSSR count). The average Bonchev–Trinajstić information content (AvgIpc) is 3.41. The monoisotopic (exact) mass is 391 g/mol. The Morgan fingerprint density at radius 1 is 1.04 bits per heavy atom. The molecule has 1 N–H and O–H groups in total. The molecular formula is C20H17N5O2S. The molecule has 140 valence electrons. The number of nitrogens with one attached hydrogen (secondary N) is 1. The summed E-state index contributed by atoms with van der Waals surface area (Å²) in [4.78, 5) is 8.85. The summed E-state index contributed by atoms with van der Waals surface area (Å²) in [5.41, 5.74) is 1.95. The molecule has 2 heterocycles. The maximum absolute atomic E-state index is 5.33. The molecule has 4 aromatic rings. The molecule has 7 nitrogen and oxygen atoms in total. The summed E-state index contributed by atoms with van der Waals surface area (Å²) in [7, 11) is 1.63. The van der Waals surface area contributed by atoms with Crippen LogP contribution in [0.1, 0.15) is 17.2 Å². The third-order valence-corrected chi connectivity index (χ3v) is 4.69. The van der Waals surface area contributed by atoms with Gasteiger partial charge in [0.1, 0.15) is 11.6 Å². The van der Waals surface area contributed by atoms with E-state index in [0.717, 1.165) is 16.9 Å². The van der Waals surface area contributed by atoms with Crippen molar-refractivity contribution in [1.82, 2.24) is 25.3 Å². The summed E-state index contributed by atoms with van der Waals surface area (Å²) < 4.78 is 10.5. The molecule has 0 spiro atoms. The predicted octanol–water partition coefficient (Wildman–Crippen LogP) is 4.33. The Kier molecular flexibility index (Phi) is 5.48. The smallest absolute Gasteiger partial charge is 0.257 e. The first-order valence-electron chi connectivity index (χ1n) is 8.55. The van der Waals surface area contributed by atoms with E-state index < -0.39 is 0 Å². The second-order valence-electron chi connectivity index (χ2n) is 5.78. The van der Waals surface area contributed by atoms with E-state index in [1.807, 2.05) is 66.7 Å². The van der Waals surface area contributed by atoms with Gasteiger partial charge in [0.05, 0.1) is 12.9 Å². The minimum Gasteiger partial charge on any atom is -0.497 e. The normalized spacial score (nSPS) is 11.2. The van der Waals surface area contributed by atoms with Crippen LogP contribution in [-0.2, 0) is 5.75 Å². The van der Waals surface area contributed by atoms with Crippen LogP contribution in [0.15, 0.2) is 64.3 Å². The van der Waals surface area contributed by atoms with Gasteiger partial charge in [0.2, 0.25) is 5.16 Å². The lowest BCUT2D eigenvalue weighted by Gasteiger charge is -1.98. The number of rotatable bonds is 7. The van der Waals surface area contributed by atoms with Crippen molar-refractivity contribution in [2.75, 3.05) is 7.11 Å². The van der Waals surface area contributed by atoms with Crippen LogP contribution in [0.2, 0.25) is 0 Å². The van der Waals surface area contributed by atoms with E-state index in [9.17, 15) is 0 Å². The molecular weight excluding hydrogens is 374 g/mol. The maximum atomic E-state index is 5.33. The number of benzene rings is 2. The van der Waals surface area contributed by atoms with Crippen molar-refractivity contribution in [1.29, 1.82) is 0 Å². The second kappa shape index (κ2) is 8.53. The van der Waals surface area contributed by atoms with Gasteiger partial charge in [0.15, 0.2) is 5.82 Å². The molecule has 0 unspecified atom stereocenters. The highest BCUT2D eigenvalue weighted by atomic mass is 32.2. The summed E-state index contributed by atoms with van der Waals surface area (Å²) in [6, 6.07) is 17.5. The Hall–Kier alpha value is -3.39. The van der Waals surface area contributed by atoms with Crippen LogP contribution in [0.25, 0.3) is 23.6 Å². The molecule has 28 heavy (non-hydrogen) atoms. The van der Waals surface area contributed by atoms with Crippen molar-refractivity contribution in [3.8, 4) is 17.2 Å². The van der Waals surface area contributed by atoms with Crippen LogP contribution in [0.3, 0.4) is 0 Å². The van der Waals surface area contributed by atoms with Gasteiger partial charge in [-0.1, -0.05) is 53.3 Å². The zero-order chi connectivity index (χ0) is 19.2. The molecule has 0 saturated carbocycles. The van der Waals surface area contributed by atoms with E-state index in [1.165, 1.54) is 11.8 Å². The minimum atomic E-state index is 0.472. The predicted molar refractivity (Wildman–Crippen MR) is 108 cm³/mol. The number of nitrogens with zero attached hydrogens (tertiary/aromatic N) is 4. The van der Waals surface area contributed by atoms with Crippen LogP contribution < -0.4 is 4.74 Å². The Labute approximate surface area is 165 Å². The van der Waals surface area contributed by atoms with Gasteiger partial charge in [-0.05, 0) is 35.9 Å². The van der Waals surface area contributed by atoms with E-state index >= 15 is 0 Å². The van der Waals surface area contributed by atoms with E-state index in [2.05, 4.69) is 25.3 Å². The van der Waals surface area contributed by atoms with Gasteiger partial charge in [-0.25, -0.2) is 4.98 Å². The summed E-state index contributed by atoms with van der Waals surface area (Å²) >= 11 is 1.44. The number of methoxy groups -OCH3 is 1. The first kappa shape index (κ1) is 18.0. The van der Waals surface area contributed by atoms with Gasteiger partial charge in [-0.2, -0.15) is 4.98 Å². The van der Waals surface area contributed by atoms with Crippen molar-refractivity contribution in [3.05, 3.63) is 71.8 Å². The average molecular weight is 391 g/mol. The third-order valence-electron chi connectivity index (χ3n) is 3.85. The molecule has 0 atom stereocenters. The lowest BCUT2D eigenvalue weighted by Crippen LogP contribution is -1.86. The fourth-order valence-electron chi connectivity index (χ4n) is 2.43. The largest absolute Gasteiger partial charge is 0.497 e. The van der Waals surface area contributed by atoms with Crippen LogP contribution in [0.5, 0.6) is 5.75 Å². The van der Waals surface area contributed by atoms with Gasteiger partial charge in [0, 0.05) is 5.56 Å². The Morgan fingerprint density at radius 3 is 2.64 bits per heavy atom. The maximum Gasteiger partial charge on any atom is 0.257 e. The summed E-state index contributed by atoms with van der Waals surface area (Å²) in [5.74, 6) is 3.04. The van der Waals surface area contributed by atoms with Crippen molar-refractivity contribution >= 4 is 23.9 Å². The lowest BCUT2D eigenvalue weighted by atomic mass is 10.2. The van der Waals surface area contributed by atoms with Gasteiger partial charge in [0.25, 0.3) is 5.89 Å². The van der Waals surface area contributed by atoms with E-state index in [1.54, 1.807) is 7.11 Å². The highest BCUT2D eigenvalue weighted by molar-refractivity contribution is 7.98. The number of H-pyrrole nitrogens is 1. The SMILES string of the molecule is COc1ccc(-c2nc(CSc3n[nH]c(/C=C/c4ccccc4)n3)no2)cc1. The van der Waals surface area contributed by atoms with Gasteiger partial charge >= 0.3 is 0 Å². The molecule has 0 fully saturated rings. The number of thioether (sulfide) groups is 1. The molecule has 0 aliphatic carbocycles. The summed E-state index contributed by atoms with van der Waals surface area (Å²) in [6.45, 7) is 0. The van der Waals surface area contributed by atoms with E-state index in [4.69, 9.17) is 9.26 Å². The Balaban J connectivity index is 1.35. The molecule has 0 aliphatic rings. The number of aromatic amines is 1. The van der Waals surface area contributed by atoms with Crippen molar-refractivity contribution in [2.45, 2.75) is 10.9 Å². The molecule has 0 bridgehead atoms. The number of hydrogen-bond donors (Lipinski definition) is 1. The summed E-state index contributed by atoms with van der Waals surface area (Å²) in [6.07, 6.45) is 3.87. The minimum absolute atomic E-state index is 0.472. The lowest BCUT2D eigenvalue weighted by molar-refractivity contribution is 0.414. The Morgan fingerprint density at radius 2 is 1.86 bits per heavy atom. The third kappa shape index (κ3) is 4.47. The van der Waals surface area contributed by atoms with Gasteiger partial charge in [-0.15, -0.1) is 5.10 Å². The van der Waals surface area contributed by atoms with Crippen LogP contribution in [0.4, 0.5) is 0 Å². The highest BCUT2D eigenvalue weighted by Crippen LogP contribution is 2.23. The highest BCUT2D eigenvalue weighted by Gasteiger charge is 2.11. The fraction of sp³-hybridized carbons (Fsp3) is 0.100. The zero-order valence-electron chi connectivity index (χ0n) is 15.1. The van der Waals surface area contributed by atoms with Crippen molar-refractivity contribution in [3.63, 3.8) is 0 Å².